The number of carbonyl (C=O) groups is 2. The number of aromatic amines is 1. The highest BCUT2D eigenvalue weighted by Gasteiger charge is 2.45. The molecule has 0 radical (unpaired) electrons. The molecule has 3 N–H and O–H groups in total. The minimum atomic E-state index is -0.164. The number of nitrogens with zero attached hydrogens (tertiary/aromatic N) is 7. The van der Waals surface area contributed by atoms with Gasteiger partial charge in [0.1, 0.15) is 24.5 Å². The van der Waals surface area contributed by atoms with Gasteiger partial charge >= 0.3 is 0 Å². The maximum absolute atomic E-state index is 13.2. The lowest BCUT2D eigenvalue weighted by molar-refractivity contribution is 0.0556. The SMILES string of the molecule is COCCOc1ccc(-c2ccc(-c3cnn4c(N)c(C(C)=O)c([C@H]5C[C@H]6CC[C@@H](C5)N6C(=O)c5nnc[nH]5)nc34)cn2)cc1. The number of hydrogen-bond acceptors (Lipinski definition) is 10. The van der Waals surface area contributed by atoms with Crippen molar-refractivity contribution in [3.8, 4) is 28.1 Å². The summed E-state index contributed by atoms with van der Waals surface area (Å²) in [4.78, 5) is 40.7. The first-order valence-electron chi connectivity index (χ1n) is 15.0. The number of Topliss-reactive ketones (excluding diaryl/α,β-unsaturated/α-hetero) is 1. The number of nitrogens with two attached hydrogens (primary N) is 1. The normalized spacial score (nSPS) is 19.2. The van der Waals surface area contributed by atoms with Gasteiger partial charge < -0.3 is 25.1 Å². The Bertz CT molecular complexity index is 1840. The number of hydrogen-bond donors (Lipinski definition) is 2. The number of ether oxygens (including phenoxy) is 2. The van der Waals surface area contributed by atoms with Crippen molar-refractivity contribution in [2.24, 2.45) is 0 Å². The first kappa shape index (κ1) is 28.6. The Morgan fingerprint density at radius 1 is 1.02 bits per heavy atom. The zero-order valence-corrected chi connectivity index (χ0v) is 25.0. The number of fused-ring (bicyclic) bond motifs is 3. The third kappa shape index (κ3) is 5.18. The van der Waals surface area contributed by atoms with Crippen LogP contribution in [0, 0.1) is 0 Å². The lowest BCUT2D eigenvalue weighted by Crippen LogP contribution is -2.46. The van der Waals surface area contributed by atoms with Gasteiger partial charge in [-0.05, 0) is 62.9 Å². The van der Waals surface area contributed by atoms with Crippen LogP contribution < -0.4 is 10.5 Å². The second-order valence-electron chi connectivity index (χ2n) is 11.5. The van der Waals surface area contributed by atoms with Crippen LogP contribution in [0.4, 0.5) is 5.82 Å². The summed E-state index contributed by atoms with van der Waals surface area (Å²) in [6.07, 6.45) is 8.02. The largest absolute Gasteiger partial charge is 0.491 e. The highest BCUT2D eigenvalue weighted by molar-refractivity contribution is 6.00. The summed E-state index contributed by atoms with van der Waals surface area (Å²) in [6.45, 7) is 2.52. The molecule has 6 heterocycles. The number of aromatic nitrogens is 7. The second kappa shape index (κ2) is 11.7. The molecule has 0 unspecified atom stereocenters. The highest BCUT2D eigenvalue weighted by atomic mass is 16.5. The third-order valence-corrected chi connectivity index (χ3v) is 8.82. The molecular formula is C32H33N9O4. The first-order valence-corrected chi connectivity index (χ1v) is 15.0. The van der Waals surface area contributed by atoms with Crippen LogP contribution in [0.25, 0.3) is 28.0 Å². The highest BCUT2D eigenvalue weighted by Crippen LogP contribution is 2.45. The first-order chi connectivity index (χ1) is 21.9. The molecule has 1 aromatic carbocycles. The lowest BCUT2D eigenvalue weighted by atomic mass is 9.85. The molecule has 13 heteroatoms. The second-order valence-corrected chi connectivity index (χ2v) is 11.5. The number of piperidine rings is 1. The predicted octanol–water partition coefficient (Wildman–Crippen LogP) is 3.94. The Kier molecular flexibility index (Phi) is 7.45. The molecule has 2 bridgehead atoms. The summed E-state index contributed by atoms with van der Waals surface area (Å²) in [6, 6.07) is 11.7. The van der Waals surface area contributed by atoms with E-state index in [-0.39, 0.29) is 41.3 Å². The molecule has 4 aromatic heterocycles. The number of rotatable bonds is 9. The van der Waals surface area contributed by atoms with Crippen LogP contribution in [0.5, 0.6) is 5.75 Å². The Morgan fingerprint density at radius 3 is 2.42 bits per heavy atom. The molecule has 45 heavy (non-hydrogen) atoms. The molecule has 2 aliphatic rings. The fourth-order valence-corrected chi connectivity index (χ4v) is 6.75. The molecule has 1 amide bonds. The van der Waals surface area contributed by atoms with Crippen molar-refractivity contribution in [2.45, 2.75) is 50.6 Å². The van der Waals surface area contributed by atoms with Gasteiger partial charge in [-0.2, -0.15) is 9.61 Å². The number of nitrogens with one attached hydrogen (secondary N) is 1. The van der Waals surface area contributed by atoms with Gasteiger partial charge in [-0.25, -0.2) is 4.98 Å². The Labute approximate surface area is 258 Å². The fourth-order valence-electron chi connectivity index (χ4n) is 6.75. The quantitative estimate of drug-likeness (QED) is 0.185. The van der Waals surface area contributed by atoms with E-state index in [4.69, 9.17) is 25.2 Å². The van der Waals surface area contributed by atoms with Gasteiger partial charge in [0, 0.05) is 48.0 Å². The van der Waals surface area contributed by atoms with Crippen molar-refractivity contribution in [1.82, 2.24) is 39.7 Å². The van der Waals surface area contributed by atoms with Crippen LogP contribution in [-0.4, -0.2) is 83.8 Å². The van der Waals surface area contributed by atoms with Crippen LogP contribution in [0.15, 0.2) is 55.1 Å². The molecule has 5 aromatic rings. The van der Waals surface area contributed by atoms with E-state index in [0.29, 0.717) is 43.0 Å². The average molecular weight is 608 g/mol. The van der Waals surface area contributed by atoms with E-state index in [1.54, 1.807) is 19.5 Å². The van der Waals surface area contributed by atoms with Crippen LogP contribution in [-0.2, 0) is 4.74 Å². The third-order valence-electron chi connectivity index (χ3n) is 8.82. The van der Waals surface area contributed by atoms with E-state index in [2.05, 4.69) is 20.3 Å². The van der Waals surface area contributed by atoms with E-state index >= 15 is 0 Å². The van der Waals surface area contributed by atoms with Gasteiger partial charge in [-0.1, -0.05) is 6.07 Å². The van der Waals surface area contributed by atoms with E-state index < -0.39 is 0 Å². The summed E-state index contributed by atoms with van der Waals surface area (Å²) in [5, 5.41) is 12.2. The van der Waals surface area contributed by atoms with E-state index in [9.17, 15) is 9.59 Å². The number of carbonyl (C=O) groups excluding carboxylic acids is 2. The predicted molar refractivity (Wildman–Crippen MR) is 165 cm³/mol. The van der Waals surface area contributed by atoms with E-state index in [1.165, 1.54) is 17.8 Å². The number of nitrogen functional groups attached to an aromatic ring is 1. The minimum Gasteiger partial charge on any atom is -0.491 e. The maximum atomic E-state index is 13.2. The van der Waals surface area contributed by atoms with E-state index in [0.717, 1.165) is 41.0 Å². The fraction of sp³-hybridized carbons (Fsp3) is 0.344. The number of methoxy groups -OCH3 is 1. The topological polar surface area (TPSA) is 167 Å². The standard InChI is InChI=1S/C32H33N9O4/c1-18(42)27-28(21-13-22-6-7-23(14-21)40(22)32(43)30-35-17-36-39-30)38-31-25(16-37-41(31)29(27)33)20-5-10-26(34-15-20)19-3-8-24(9-4-19)45-12-11-44-2/h3-5,8-10,15-17,21-23H,6-7,11-14,33H2,1-2H3,(H,35,36,39)/t21-,22+,23-. The molecule has 230 valence electrons. The van der Waals surface area contributed by atoms with Gasteiger partial charge in [0.25, 0.3) is 5.91 Å². The summed E-state index contributed by atoms with van der Waals surface area (Å²) in [5.41, 5.74) is 11.6. The number of ketones is 1. The Balaban J connectivity index is 1.18. The average Bonchev–Trinajstić information content (AvgIpc) is 3.80. The maximum Gasteiger partial charge on any atom is 0.292 e. The van der Waals surface area contributed by atoms with Crippen LogP contribution in [0.2, 0.25) is 0 Å². The van der Waals surface area contributed by atoms with Gasteiger partial charge in [-0.15, -0.1) is 10.2 Å². The Hall–Kier alpha value is -5.17. The van der Waals surface area contributed by atoms with Gasteiger partial charge in [0.2, 0.25) is 5.82 Å². The molecule has 0 aliphatic carbocycles. The van der Waals surface area contributed by atoms with Crippen molar-refractivity contribution in [3.05, 3.63) is 72.2 Å². The molecule has 2 saturated heterocycles. The lowest BCUT2D eigenvalue weighted by Gasteiger charge is -2.38. The molecule has 2 aliphatic heterocycles. The summed E-state index contributed by atoms with van der Waals surface area (Å²) in [5.74, 6) is 0.918. The summed E-state index contributed by atoms with van der Waals surface area (Å²) >= 11 is 0. The number of amides is 1. The van der Waals surface area contributed by atoms with Crippen molar-refractivity contribution in [1.29, 1.82) is 0 Å². The molecular weight excluding hydrogens is 574 g/mol. The summed E-state index contributed by atoms with van der Waals surface area (Å²) < 4.78 is 12.2. The van der Waals surface area contributed by atoms with Crippen LogP contribution in [0.3, 0.4) is 0 Å². The molecule has 0 saturated carbocycles. The summed E-state index contributed by atoms with van der Waals surface area (Å²) in [7, 11) is 1.64. The van der Waals surface area contributed by atoms with Crippen LogP contribution >= 0.6 is 0 Å². The zero-order valence-electron chi connectivity index (χ0n) is 25.0. The minimum absolute atomic E-state index is 0.0116. The number of benzene rings is 1. The van der Waals surface area contributed by atoms with Crippen molar-refractivity contribution < 1.29 is 19.1 Å². The monoisotopic (exact) mass is 607 g/mol. The Morgan fingerprint density at radius 2 is 1.78 bits per heavy atom. The smallest absolute Gasteiger partial charge is 0.292 e. The zero-order chi connectivity index (χ0) is 31.1. The van der Waals surface area contributed by atoms with Gasteiger partial charge in [-0.3, -0.25) is 14.6 Å². The van der Waals surface area contributed by atoms with Crippen molar-refractivity contribution in [3.63, 3.8) is 0 Å². The number of H-pyrrole nitrogens is 1. The molecule has 7 rings (SSSR count). The van der Waals surface area contributed by atoms with E-state index in [1.807, 2.05) is 41.3 Å². The van der Waals surface area contributed by atoms with Crippen molar-refractivity contribution in [2.75, 3.05) is 26.1 Å². The van der Waals surface area contributed by atoms with Crippen LogP contribution in [0.1, 0.15) is 65.2 Å². The van der Waals surface area contributed by atoms with Crippen molar-refractivity contribution >= 4 is 23.2 Å². The van der Waals surface area contributed by atoms with Gasteiger partial charge in [0.15, 0.2) is 11.4 Å². The molecule has 2 fully saturated rings. The molecule has 13 nitrogen and oxygen atoms in total. The number of pyridine rings is 1. The number of anilines is 1. The van der Waals surface area contributed by atoms with Gasteiger partial charge in [0.05, 0.1) is 29.8 Å². The molecule has 3 atom stereocenters. The molecule has 0 spiro atoms.